The number of benzene rings is 1. The lowest BCUT2D eigenvalue weighted by atomic mass is 9.97. The molecule has 4 nitrogen and oxygen atoms in total. The van der Waals surface area contributed by atoms with E-state index in [9.17, 15) is 0 Å². The van der Waals surface area contributed by atoms with Crippen LogP contribution >= 0.6 is 0 Å². The zero-order chi connectivity index (χ0) is 14.7. The maximum absolute atomic E-state index is 5.51. The van der Waals surface area contributed by atoms with Crippen molar-refractivity contribution in [2.24, 2.45) is 0 Å². The standard InChI is InChI=1S/C17H20N2O2/c1-20-15-3-4-17(21-2)16(11-15)13-7-10-19(12-13)14-5-8-18-9-6-14/h3-6,8-9,11,13H,7,10,12H2,1-2H3/t13-/m0/s1. The minimum atomic E-state index is 0.461. The molecule has 1 aromatic heterocycles. The second-order valence-corrected chi connectivity index (χ2v) is 5.24. The predicted octanol–water partition coefficient (Wildman–Crippen LogP) is 3.09. The number of ether oxygens (including phenoxy) is 2. The van der Waals surface area contributed by atoms with Crippen LogP contribution in [0.1, 0.15) is 17.9 Å². The summed E-state index contributed by atoms with van der Waals surface area (Å²) < 4.78 is 10.9. The summed E-state index contributed by atoms with van der Waals surface area (Å²) in [5.41, 5.74) is 2.46. The van der Waals surface area contributed by atoms with Crippen LogP contribution in [0.2, 0.25) is 0 Å². The van der Waals surface area contributed by atoms with Crippen molar-refractivity contribution in [3.63, 3.8) is 0 Å². The zero-order valence-electron chi connectivity index (χ0n) is 12.5. The molecule has 0 amide bonds. The molecule has 0 unspecified atom stereocenters. The van der Waals surface area contributed by atoms with Crippen LogP contribution in [-0.2, 0) is 0 Å². The van der Waals surface area contributed by atoms with Gasteiger partial charge in [0.1, 0.15) is 11.5 Å². The van der Waals surface area contributed by atoms with Crippen LogP contribution in [0, 0.1) is 0 Å². The summed E-state index contributed by atoms with van der Waals surface area (Å²) >= 11 is 0. The van der Waals surface area contributed by atoms with Crippen molar-refractivity contribution >= 4 is 5.69 Å². The fourth-order valence-corrected chi connectivity index (χ4v) is 2.96. The lowest BCUT2D eigenvalue weighted by Crippen LogP contribution is -2.19. The molecule has 1 atom stereocenters. The van der Waals surface area contributed by atoms with Crippen molar-refractivity contribution in [1.29, 1.82) is 0 Å². The molecule has 1 saturated heterocycles. The van der Waals surface area contributed by atoms with Crippen molar-refractivity contribution in [1.82, 2.24) is 4.98 Å². The number of rotatable bonds is 4. The summed E-state index contributed by atoms with van der Waals surface area (Å²) in [6, 6.07) is 10.1. The van der Waals surface area contributed by atoms with Gasteiger partial charge in [-0.05, 0) is 36.8 Å². The highest BCUT2D eigenvalue weighted by molar-refractivity contribution is 5.49. The summed E-state index contributed by atoms with van der Waals surface area (Å²) in [6.45, 7) is 2.04. The number of pyridine rings is 1. The average molecular weight is 284 g/mol. The molecule has 1 aromatic carbocycles. The van der Waals surface area contributed by atoms with Crippen LogP contribution in [0.4, 0.5) is 5.69 Å². The van der Waals surface area contributed by atoms with Crippen molar-refractivity contribution in [3.8, 4) is 11.5 Å². The van der Waals surface area contributed by atoms with Crippen LogP contribution in [-0.4, -0.2) is 32.3 Å². The first-order chi connectivity index (χ1) is 10.3. The molecule has 21 heavy (non-hydrogen) atoms. The number of hydrogen-bond donors (Lipinski definition) is 0. The Bertz CT molecular complexity index is 601. The van der Waals surface area contributed by atoms with Crippen molar-refractivity contribution in [2.45, 2.75) is 12.3 Å². The fraction of sp³-hybridized carbons (Fsp3) is 0.353. The number of methoxy groups -OCH3 is 2. The Morgan fingerprint density at radius 3 is 2.62 bits per heavy atom. The third-order valence-electron chi connectivity index (χ3n) is 4.09. The van der Waals surface area contributed by atoms with E-state index in [4.69, 9.17) is 9.47 Å². The van der Waals surface area contributed by atoms with Gasteiger partial charge in [-0.3, -0.25) is 4.98 Å². The molecule has 0 bridgehead atoms. The Hall–Kier alpha value is -2.23. The van der Waals surface area contributed by atoms with Gasteiger partial charge in [0.05, 0.1) is 14.2 Å². The molecular weight excluding hydrogens is 264 g/mol. The van der Waals surface area contributed by atoms with Crippen molar-refractivity contribution < 1.29 is 9.47 Å². The highest BCUT2D eigenvalue weighted by Crippen LogP contribution is 2.37. The molecule has 1 aliphatic heterocycles. The first-order valence-electron chi connectivity index (χ1n) is 7.18. The number of nitrogens with zero attached hydrogens (tertiary/aromatic N) is 2. The number of hydrogen-bond acceptors (Lipinski definition) is 4. The van der Waals surface area contributed by atoms with Gasteiger partial charge in [-0.15, -0.1) is 0 Å². The molecule has 0 saturated carbocycles. The van der Waals surface area contributed by atoms with Crippen LogP contribution in [0.5, 0.6) is 11.5 Å². The van der Waals surface area contributed by atoms with Crippen LogP contribution in [0.3, 0.4) is 0 Å². The summed E-state index contributed by atoms with van der Waals surface area (Å²) in [4.78, 5) is 6.47. The molecule has 0 spiro atoms. The van der Waals surface area contributed by atoms with E-state index in [2.05, 4.69) is 28.1 Å². The third-order valence-corrected chi connectivity index (χ3v) is 4.09. The van der Waals surface area contributed by atoms with Gasteiger partial charge in [0, 0.05) is 42.7 Å². The Labute approximate surface area is 125 Å². The Balaban J connectivity index is 1.83. The SMILES string of the molecule is COc1ccc(OC)c([C@H]2CCN(c3ccncc3)C2)c1. The van der Waals surface area contributed by atoms with Crippen LogP contribution < -0.4 is 14.4 Å². The van der Waals surface area contributed by atoms with Gasteiger partial charge < -0.3 is 14.4 Å². The van der Waals surface area contributed by atoms with Gasteiger partial charge in [-0.25, -0.2) is 0 Å². The largest absolute Gasteiger partial charge is 0.497 e. The topological polar surface area (TPSA) is 34.6 Å². The minimum Gasteiger partial charge on any atom is -0.497 e. The van der Waals surface area contributed by atoms with Gasteiger partial charge in [0.15, 0.2) is 0 Å². The van der Waals surface area contributed by atoms with Gasteiger partial charge in [0.25, 0.3) is 0 Å². The van der Waals surface area contributed by atoms with E-state index in [1.807, 2.05) is 24.5 Å². The van der Waals surface area contributed by atoms with E-state index < -0.39 is 0 Å². The maximum Gasteiger partial charge on any atom is 0.122 e. The summed E-state index contributed by atoms with van der Waals surface area (Å²) in [6.07, 6.45) is 4.80. The van der Waals surface area contributed by atoms with Crippen LogP contribution in [0.15, 0.2) is 42.7 Å². The van der Waals surface area contributed by atoms with E-state index in [-0.39, 0.29) is 0 Å². The molecule has 0 N–H and O–H groups in total. The van der Waals surface area contributed by atoms with Crippen molar-refractivity contribution in [2.75, 3.05) is 32.2 Å². The molecule has 1 fully saturated rings. The Morgan fingerprint density at radius 2 is 1.90 bits per heavy atom. The minimum absolute atomic E-state index is 0.461. The summed E-state index contributed by atoms with van der Waals surface area (Å²) in [5, 5.41) is 0. The van der Waals surface area contributed by atoms with E-state index >= 15 is 0 Å². The molecular formula is C17H20N2O2. The predicted molar refractivity (Wildman–Crippen MR) is 83.4 cm³/mol. The normalized spacial score (nSPS) is 17.8. The van der Waals surface area contributed by atoms with E-state index in [1.165, 1.54) is 11.3 Å². The molecule has 2 heterocycles. The first kappa shape index (κ1) is 13.7. The monoisotopic (exact) mass is 284 g/mol. The van der Waals surface area contributed by atoms with Crippen molar-refractivity contribution in [3.05, 3.63) is 48.3 Å². The quantitative estimate of drug-likeness (QED) is 0.864. The lowest BCUT2D eigenvalue weighted by Gasteiger charge is -2.19. The second kappa shape index (κ2) is 6.04. The highest BCUT2D eigenvalue weighted by atomic mass is 16.5. The van der Waals surface area contributed by atoms with Gasteiger partial charge in [-0.2, -0.15) is 0 Å². The molecule has 1 aliphatic rings. The van der Waals surface area contributed by atoms with Gasteiger partial charge in [0.2, 0.25) is 0 Å². The lowest BCUT2D eigenvalue weighted by molar-refractivity contribution is 0.396. The number of aromatic nitrogens is 1. The summed E-state index contributed by atoms with van der Waals surface area (Å²) in [7, 11) is 3.42. The third kappa shape index (κ3) is 2.79. The second-order valence-electron chi connectivity index (χ2n) is 5.24. The van der Waals surface area contributed by atoms with Crippen LogP contribution in [0.25, 0.3) is 0 Å². The smallest absolute Gasteiger partial charge is 0.122 e. The van der Waals surface area contributed by atoms with Gasteiger partial charge >= 0.3 is 0 Å². The maximum atomic E-state index is 5.51. The van der Waals surface area contributed by atoms with E-state index in [1.54, 1.807) is 14.2 Å². The van der Waals surface area contributed by atoms with E-state index in [0.29, 0.717) is 5.92 Å². The molecule has 0 aliphatic carbocycles. The van der Waals surface area contributed by atoms with E-state index in [0.717, 1.165) is 31.0 Å². The first-order valence-corrected chi connectivity index (χ1v) is 7.18. The molecule has 3 rings (SSSR count). The molecule has 4 heteroatoms. The molecule has 2 aromatic rings. The Kier molecular flexibility index (Phi) is 3.95. The van der Waals surface area contributed by atoms with Gasteiger partial charge in [-0.1, -0.05) is 0 Å². The molecule has 0 radical (unpaired) electrons. The average Bonchev–Trinajstić information content (AvgIpc) is 3.05. The Morgan fingerprint density at radius 1 is 1.10 bits per heavy atom. The number of anilines is 1. The fourth-order valence-electron chi connectivity index (χ4n) is 2.96. The summed E-state index contributed by atoms with van der Waals surface area (Å²) in [5.74, 6) is 2.29. The zero-order valence-corrected chi connectivity index (χ0v) is 12.5. The highest BCUT2D eigenvalue weighted by Gasteiger charge is 2.26. The molecule has 110 valence electrons.